The number of rotatable bonds is 6. The third-order valence-electron chi connectivity index (χ3n) is 5.05. The molecule has 1 aromatic carbocycles. The molecular weight excluding hydrogens is 358 g/mol. The maximum atomic E-state index is 12.3. The summed E-state index contributed by atoms with van der Waals surface area (Å²) < 4.78 is 5.30. The molecule has 1 N–H and O–H groups in total. The van der Waals surface area contributed by atoms with E-state index in [1.165, 1.54) is 17.7 Å². The van der Waals surface area contributed by atoms with E-state index >= 15 is 0 Å². The molecule has 6 heteroatoms. The maximum absolute atomic E-state index is 12.3. The normalized spacial score (nSPS) is 15.7. The minimum Gasteiger partial charge on any atom is -0.355 e. The fourth-order valence-electron chi connectivity index (χ4n) is 3.50. The van der Waals surface area contributed by atoms with Crippen LogP contribution in [0.3, 0.4) is 0 Å². The Morgan fingerprint density at radius 1 is 1.19 bits per heavy atom. The van der Waals surface area contributed by atoms with Gasteiger partial charge in [0.05, 0.1) is 0 Å². The van der Waals surface area contributed by atoms with Gasteiger partial charge in [-0.2, -0.15) is 0 Å². The zero-order valence-corrected chi connectivity index (χ0v) is 16.0. The molecule has 27 heavy (non-hydrogen) atoms. The second-order valence-electron chi connectivity index (χ2n) is 6.83. The molecule has 0 saturated carbocycles. The molecule has 5 nitrogen and oxygen atoms in total. The Balaban J connectivity index is 1.22. The first-order valence-corrected chi connectivity index (χ1v) is 10.2. The van der Waals surface area contributed by atoms with E-state index in [1.54, 1.807) is 6.07 Å². The number of nitrogens with zero attached hydrogens (tertiary/aromatic N) is 2. The molecule has 0 unspecified atom stereocenters. The zero-order chi connectivity index (χ0) is 18.5. The molecule has 0 spiro atoms. The van der Waals surface area contributed by atoms with Crippen molar-refractivity contribution in [3.8, 4) is 11.3 Å². The fourth-order valence-corrected chi connectivity index (χ4v) is 4.40. The molecule has 0 aliphatic carbocycles. The smallest absolute Gasteiger partial charge is 0.273 e. The highest BCUT2D eigenvalue weighted by atomic mass is 32.1. The minimum atomic E-state index is -0.186. The Labute approximate surface area is 163 Å². The van der Waals surface area contributed by atoms with Gasteiger partial charge in [-0.15, -0.1) is 11.3 Å². The van der Waals surface area contributed by atoms with Crippen LogP contribution in [-0.2, 0) is 0 Å². The lowest BCUT2D eigenvalue weighted by Crippen LogP contribution is -2.39. The van der Waals surface area contributed by atoms with Crippen LogP contribution in [0.15, 0.2) is 58.4 Å². The molecule has 0 bridgehead atoms. The van der Waals surface area contributed by atoms with E-state index in [1.807, 2.05) is 41.7 Å². The quantitative estimate of drug-likeness (QED) is 0.701. The van der Waals surface area contributed by atoms with Gasteiger partial charge in [-0.25, -0.2) is 0 Å². The van der Waals surface area contributed by atoms with Gasteiger partial charge in [0.15, 0.2) is 11.5 Å². The van der Waals surface area contributed by atoms with Crippen molar-refractivity contribution in [2.24, 2.45) is 0 Å². The lowest BCUT2D eigenvalue weighted by atomic mass is 9.95. The highest BCUT2D eigenvalue weighted by molar-refractivity contribution is 7.10. The van der Waals surface area contributed by atoms with Crippen molar-refractivity contribution in [2.75, 3.05) is 26.2 Å². The van der Waals surface area contributed by atoms with Gasteiger partial charge in [0, 0.05) is 29.6 Å². The summed E-state index contributed by atoms with van der Waals surface area (Å²) in [5.41, 5.74) is 1.24. The second-order valence-corrected chi connectivity index (χ2v) is 7.81. The number of likely N-dealkylation sites (tertiary alicyclic amines) is 1. The Morgan fingerprint density at radius 2 is 2.00 bits per heavy atom. The van der Waals surface area contributed by atoms with Gasteiger partial charge in [0.1, 0.15) is 0 Å². The molecule has 0 radical (unpaired) electrons. The maximum Gasteiger partial charge on any atom is 0.273 e. The van der Waals surface area contributed by atoms with E-state index in [0.717, 1.165) is 25.2 Å². The van der Waals surface area contributed by atoms with Crippen LogP contribution >= 0.6 is 11.3 Å². The molecular formula is C21H23N3O2S. The summed E-state index contributed by atoms with van der Waals surface area (Å²) in [5.74, 6) is 1.12. The number of carbonyl (C=O) groups is 1. The van der Waals surface area contributed by atoms with E-state index < -0.39 is 0 Å². The van der Waals surface area contributed by atoms with Gasteiger partial charge >= 0.3 is 0 Å². The summed E-state index contributed by atoms with van der Waals surface area (Å²) >= 11 is 1.86. The van der Waals surface area contributed by atoms with Gasteiger partial charge in [0.2, 0.25) is 0 Å². The molecule has 3 heterocycles. The number of hydrogen-bond donors (Lipinski definition) is 1. The number of aromatic nitrogens is 1. The fraction of sp³-hybridized carbons (Fsp3) is 0.333. The summed E-state index contributed by atoms with van der Waals surface area (Å²) in [4.78, 5) is 16.2. The first-order valence-electron chi connectivity index (χ1n) is 9.36. The van der Waals surface area contributed by atoms with Crippen molar-refractivity contribution in [3.63, 3.8) is 0 Å². The lowest BCUT2D eigenvalue weighted by molar-refractivity contribution is 0.0937. The molecule has 4 rings (SSSR count). The van der Waals surface area contributed by atoms with Crippen LogP contribution < -0.4 is 5.32 Å². The van der Waals surface area contributed by atoms with Gasteiger partial charge in [-0.3, -0.25) is 4.79 Å². The predicted octanol–water partition coefficient (Wildman–Crippen LogP) is 4.01. The van der Waals surface area contributed by atoms with Crippen LogP contribution in [-0.4, -0.2) is 42.1 Å². The molecule has 3 aromatic rings. The number of thiophene rings is 1. The third-order valence-corrected chi connectivity index (χ3v) is 6.08. The Hall–Kier alpha value is -2.44. The van der Waals surface area contributed by atoms with Gasteiger partial charge in [0.25, 0.3) is 5.91 Å². The van der Waals surface area contributed by atoms with E-state index in [2.05, 4.69) is 32.9 Å². The van der Waals surface area contributed by atoms with Crippen molar-refractivity contribution in [2.45, 2.75) is 18.8 Å². The SMILES string of the molecule is O=C(NCCN1CCC(c2cccs2)CC1)c1cc(-c2ccccc2)on1. The van der Waals surface area contributed by atoms with E-state index in [-0.39, 0.29) is 5.91 Å². The number of carbonyl (C=O) groups excluding carboxylic acids is 1. The number of benzene rings is 1. The monoisotopic (exact) mass is 381 g/mol. The van der Waals surface area contributed by atoms with Crippen molar-refractivity contribution in [3.05, 3.63) is 64.5 Å². The van der Waals surface area contributed by atoms with Crippen molar-refractivity contribution >= 4 is 17.2 Å². The van der Waals surface area contributed by atoms with Crippen LogP contribution in [0.2, 0.25) is 0 Å². The number of piperidine rings is 1. The molecule has 1 aliphatic rings. The Morgan fingerprint density at radius 3 is 2.74 bits per heavy atom. The first kappa shape index (κ1) is 17.9. The molecule has 2 aromatic heterocycles. The summed E-state index contributed by atoms with van der Waals surface area (Å²) in [6.07, 6.45) is 2.39. The van der Waals surface area contributed by atoms with Crippen molar-refractivity contribution in [1.82, 2.24) is 15.4 Å². The minimum absolute atomic E-state index is 0.186. The van der Waals surface area contributed by atoms with E-state index in [4.69, 9.17) is 4.52 Å². The first-order chi connectivity index (χ1) is 13.3. The molecule has 1 aliphatic heterocycles. The molecule has 0 atom stereocenters. The average molecular weight is 382 g/mol. The number of hydrogen-bond acceptors (Lipinski definition) is 5. The molecule has 1 amide bonds. The largest absolute Gasteiger partial charge is 0.355 e. The lowest BCUT2D eigenvalue weighted by Gasteiger charge is -2.31. The van der Waals surface area contributed by atoms with Crippen LogP contribution in [0.4, 0.5) is 0 Å². The highest BCUT2D eigenvalue weighted by Crippen LogP contribution is 2.30. The summed E-state index contributed by atoms with van der Waals surface area (Å²) in [6, 6.07) is 15.7. The second kappa shape index (κ2) is 8.50. The highest BCUT2D eigenvalue weighted by Gasteiger charge is 2.21. The standard InChI is InChI=1S/C21H23N3O2S/c25-21(18-15-19(26-23-18)16-5-2-1-3-6-16)22-10-13-24-11-8-17(9-12-24)20-7-4-14-27-20/h1-7,14-15,17H,8-13H2,(H,22,25). The number of nitrogens with one attached hydrogen (secondary N) is 1. The third kappa shape index (κ3) is 4.46. The summed E-state index contributed by atoms with van der Waals surface area (Å²) in [5, 5.41) is 9.00. The Bertz CT molecular complexity index is 853. The van der Waals surface area contributed by atoms with Crippen LogP contribution in [0, 0.1) is 0 Å². The summed E-state index contributed by atoms with van der Waals surface area (Å²) in [6.45, 7) is 3.66. The van der Waals surface area contributed by atoms with E-state index in [9.17, 15) is 4.79 Å². The van der Waals surface area contributed by atoms with Crippen LogP contribution in [0.1, 0.15) is 34.1 Å². The molecule has 1 fully saturated rings. The van der Waals surface area contributed by atoms with Gasteiger partial charge in [-0.1, -0.05) is 41.6 Å². The van der Waals surface area contributed by atoms with E-state index in [0.29, 0.717) is 23.9 Å². The van der Waals surface area contributed by atoms with Crippen molar-refractivity contribution in [1.29, 1.82) is 0 Å². The van der Waals surface area contributed by atoms with Gasteiger partial charge in [-0.05, 0) is 43.3 Å². The van der Waals surface area contributed by atoms with Crippen LogP contribution in [0.25, 0.3) is 11.3 Å². The average Bonchev–Trinajstić information content (AvgIpc) is 3.41. The summed E-state index contributed by atoms with van der Waals surface area (Å²) in [7, 11) is 0. The topological polar surface area (TPSA) is 58.4 Å². The Kier molecular flexibility index (Phi) is 5.65. The molecule has 1 saturated heterocycles. The molecule has 140 valence electrons. The predicted molar refractivity (Wildman–Crippen MR) is 107 cm³/mol. The zero-order valence-electron chi connectivity index (χ0n) is 15.1. The van der Waals surface area contributed by atoms with Crippen molar-refractivity contribution < 1.29 is 9.32 Å². The van der Waals surface area contributed by atoms with Gasteiger partial charge < -0.3 is 14.7 Å². The van der Waals surface area contributed by atoms with Crippen LogP contribution in [0.5, 0.6) is 0 Å². The number of amides is 1.